The van der Waals surface area contributed by atoms with Gasteiger partial charge in [0.2, 0.25) is 5.95 Å². The molecule has 3 rings (SSSR count). The van der Waals surface area contributed by atoms with Crippen LogP contribution in [0.25, 0.3) is 22.3 Å². The van der Waals surface area contributed by atoms with Crippen molar-refractivity contribution < 1.29 is 9.53 Å². The lowest BCUT2D eigenvalue weighted by molar-refractivity contribution is 0.112. The van der Waals surface area contributed by atoms with Crippen molar-refractivity contribution in [1.29, 1.82) is 0 Å². The number of aromatic nitrogens is 3. The van der Waals surface area contributed by atoms with Gasteiger partial charge in [-0.3, -0.25) is 4.79 Å². The second-order valence-electron chi connectivity index (χ2n) is 5.42. The molecule has 24 heavy (non-hydrogen) atoms. The molecule has 0 aliphatic rings. The maximum absolute atomic E-state index is 11.2. The Kier molecular flexibility index (Phi) is 4.37. The van der Waals surface area contributed by atoms with Crippen LogP contribution in [0.3, 0.4) is 0 Å². The Morgan fingerprint density at radius 1 is 1.17 bits per heavy atom. The molecule has 0 radical (unpaired) electrons. The predicted molar refractivity (Wildman–Crippen MR) is 93.1 cm³/mol. The van der Waals surface area contributed by atoms with E-state index in [2.05, 4.69) is 16.9 Å². The van der Waals surface area contributed by atoms with Crippen molar-refractivity contribution in [3.05, 3.63) is 41.6 Å². The number of benzene rings is 1. The van der Waals surface area contributed by atoms with Gasteiger partial charge in [0.25, 0.3) is 0 Å². The average molecular weight is 322 g/mol. The van der Waals surface area contributed by atoms with E-state index in [1.807, 2.05) is 18.2 Å². The second-order valence-corrected chi connectivity index (χ2v) is 5.42. The lowest BCUT2D eigenvalue weighted by atomic mass is 10.1. The summed E-state index contributed by atoms with van der Waals surface area (Å²) < 4.78 is 5.18. The van der Waals surface area contributed by atoms with E-state index in [9.17, 15) is 4.79 Å². The Morgan fingerprint density at radius 3 is 2.71 bits per heavy atom. The van der Waals surface area contributed by atoms with Gasteiger partial charge in [0.05, 0.1) is 29.6 Å². The van der Waals surface area contributed by atoms with E-state index in [0.717, 1.165) is 47.1 Å². The van der Waals surface area contributed by atoms with Gasteiger partial charge >= 0.3 is 0 Å². The van der Waals surface area contributed by atoms with Gasteiger partial charge in [-0.15, -0.1) is 0 Å². The van der Waals surface area contributed by atoms with Crippen LogP contribution in [0.5, 0.6) is 5.75 Å². The molecule has 0 bridgehead atoms. The highest BCUT2D eigenvalue weighted by molar-refractivity contribution is 5.84. The third-order valence-corrected chi connectivity index (χ3v) is 3.77. The number of pyridine rings is 1. The molecule has 6 heteroatoms. The number of rotatable bonds is 5. The van der Waals surface area contributed by atoms with Crippen LogP contribution in [-0.2, 0) is 6.42 Å². The minimum Gasteiger partial charge on any atom is -0.496 e. The molecule has 0 amide bonds. The standard InChI is InChI=1S/C18H18N4O2/c1-3-4-14-17-15(22-18(19)21-14)7-6-13(20-17)11-5-8-16(24-2)12(9-11)10-23/h5-10H,3-4H2,1-2H3,(H2,19,21,22). The second kappa shape index (κ2) is 6.62. The van der Waals surface area contributed by atoms with Crippen molar-refractivity contribution in [1.82, 2.24) is 15.0 Å². The third kappa shape index (κ3) is 2.90. The molecule has 1 aromatic carbocycles. The Morgan fingerprint density at radius 2 is 2.00 bits per heavy atom. The third-order valence-electron chi connectivity index (χ3n) is 3.77. The summed E-state index contributed by atoms with van der Waals surface area (Å²) in [5.41, 5.74) is 10.1. The number of nitrogens with zero attached hydrogens (tertiary/aromatic N) is 3. The summed E-state index contributed by atoms with van der Waals surface area (Å²) in [6, 6.07) is 9.13. The largest absolute Gasteiger partial charge is 0.496 e. The first kappa shape index (κ1) is 15.9. The molecule has 0 aliphatic carbocycles. The number of aryl methyl sites for hydroxylation is 1. The maximum Gasteiger partial charge on any atom is 0.220 e. The van der Waals surface area contributed by atoms with Crippen molar-refractivity contribution in [2.24, 2.45) is 0 Å². The normalized spacial score (nSPS) is 10.8. The van der Waals surface area contributed by atoms with E-state index in [4.69, 9.17) is 15.5 Å². The van der Waals surface area contributed by atoms with Crippen molar-refractivity contribution in [2.45, 2.75) is 19.8 Å². The summed E-state index contributed by atoms with van der Waals surface area (Å²) in [6.45, 7) is 2.08. The SMILES string of the molecule is CCCc1nc(N)nc2ccc(-c3ccc(OC)c(C=O)c3)nc12. The Balaban J connectivity index is 2.15. The number of methoxy groups -OCH3 is 1. The summed E-state index contributed by atoms with van der Waals surface area (Å²) in [5, 5.41) is 0. The molecule has 2 N–H and O–H groups in total. The first-order valence-corrected chi connectivity index (χ1v) is 7.73. The van der Waals surface area contributed by atoms with Crippen LogP contribution in [0.1, 0.15) is 29.4 Å². The average Bonchev–Trinajstić information content (AvgIpc) is 2.61. The number of fused-ring (bicyclic) bond motifs is 1. The van der Waals surface area contributed by atoms with Gasteiger partial charge in [-0.25, -0.2) is 15.0 Å². The molecular weight excluding hydrogens is 304 g/mol. The van der Waals surface area contributed by atoms with Gasteiger partial charge < -0.3 is 10.5 Å². The van der Waals surface area contributed by atoms with Gasteiger partial charge in [-0.2, -0.15) is 0 Å². The van der Waals surface area contributed by atoms with E-state index < -0.39 is 0 Å². The molecule has 0 spiro atoms. The first-order valence-electron chi connectivity index (χ1n) is 7.73. The van der Waals surface area contributed by atoms with Gasteiger partial charge in [0.15, 0.2) is 6.29 Å². The number of hydrogen-bond acceptors (Lipinski definition) is 6. The monoisotopic (exact) mass is 322 g/mol. The Labute approximate surface area is 139 Å². The molecular formula is C18H18N4O2. The molecule has 2 heterocycles. The van der Waals surface area contributed by atoms with E-state index in [0.29, 0.717) is 11.3 Å². The topological polar surface area (TPSA) is 91.0 Å². The van der Waals surface area contributed by atoms with E-state index in [1.54, 1.807) is 12.1 Å². The lowest BCUT2D eigenvalue weighted by Gasteiger charge is -2.09. The fraction of sp³-hybridized carbons (Fsp3) is 0.222. The Bertz CT molecular complexity index is 909. The molecule has 0 unspecified atom stereocenters. The summed E-state index contributed by atoms with van der Waals surface area (Å²) in [6.07, 6.45) is 2.49. The highest BCUT2D eigenvalue weighted by Crippen LogP contribution is 2.26. The van der Waals surface area contributed by atoms with Gasteiger partial charge in [0, 0.05) is 5.56 Å². The summed E-state index contributed by atoms with van der Waals surface area (Å²) in [5.74, 6) is 0.797. The fourth-order valence-electron chi connectivity index (χ4n) is 2.65. The molecule has 0 fully saturated rings. The van der Waals surface area contributed by atoms with Crippen LogP contribution in [-0.4, -0.2) is 28.3 Å². The van der Waals surface area contributed by atoms with Gasteiger partial charge in [-0.1, -0.05) is 13.3 Å². The maximum atomic E-state index is 11.2. The number of anilines is 1. The number of nitrogens with two attached hydrogens (primary N) is 1. The number of nitrogen functional groups attached to an aromatic ring is 1. The molecule has 0 atom stereocenters. The van der Waals surface area contributed by atoms with Crippen molar-refractivity contribution >= 4 is 23.3 Å². The van der Waals surface area contributed by atoms with Gasteiger partial charge in [-0.05, 0) is 36.8 Å². The Hall–Kier alpha value is -3.02. The molecule has 3 aromatic rings. The van der Waals surface area contributed by atoms with Crippen LogP contribution >= 0.6 is 0 Å². The quantitative estimate of drug-likeness (QED) is 0.726. The fourth-order valence-corrected chi connectivity index (χ4v) is 2.65. The number of hydrogen-bond donors (Lipinski definition) is 1. The number of carbonyl (C=O) groups is 1. The molecule has 6 nitrogen and oxygen atoms in total. The molecule has 0 saturated heterocycles. The van der Waals surface area contributed by atoms with E-state index in [-0.39, 0.29) is 5.95 Å². The predicted octanol–water partition coefficient (Wildman–Crippen LogP) is 3.05. The number of carbonyl (C=O) groups excluding carboxylic acids is 1. The number of ether oxygens (including phenoxy) is 1. The van der Waals surface area contributed by atoms with Crippen LogP contribution in [0.4, 0.5) is 5.95 Å². The minimum absolute atomic E-state index is 0.258. The van der Waals surface area contributed by atoms with Gasteiger partial charge in [0.1, 0.15) is 11.3 Å². The zero-order chi connectivity index (χ0) is 17.1. The van der Waals surface area contributed by atoms with Crippen LogP contribution in [0, 0.1) is 0 Å². The summed E-state index contributed by atoms with van der Waals surface area (Å²) in [7, 11) is 1.54. The zero-order valence-electron chi connectivity index (χ0n) is 13.6. The van der Waals surface area contributed by atoms with Crippen molar-refractivity contribution in [3.8, 4) is 17.0 Å². The first-order chi connectivity index (χ1) is 11.7. The van der Waals surface area contributed by atoms with Crippen molar-refractivity contribution in [2.75, 3.05) is 12.8 Å². The minimum atomic E-state index is 0.258. The van der Waals surface area contributed by atoms with Crippen LogP contribution < -0.4 is 10.5 Å². The van der Waals surface area contributed by atoms with Crippen LogP contribution in [0.2, 0.25) is 0 Å². The molecule has 122 valence electrons. The number of aldehydes is 1. The smallest absolute Gasteiger partial charge is 0.220 e. The van der Waals surface area contributed by atoms with E-state index in [1.165, 1.54) is 7.11 Å². The molecule has 2 aromatic heterocycles. The molecule has 0 saturated carbocycles. The van der Waals surface area contributed by atoms with Crippen LogP contribution in [0.15, 0.2) is 30.3 Å². The summed E-state index contributed by atoms with van der Waals surface area (Å²) in [4.78, 5) is 24.5. The molecule has 0 aliphatic heterocycles. The lowest BCUT2D eigenvalue weighted by Crippen LogP contribution is -2.02. The highest BCUT2D eigenvalue weighted by atomic mass is 16.5. The van der Waals surface area contributed by atoms with E-state index >= 15 is 0 Å². The van der Waals surface area contributed by atoms with Crippen molar-refractivity contribution in [3.63, 3.8) is 0 Å². The summed E-state index contributed by atoms with van der Waals surface area (Å²) >= 11 is 0. The zero-order valence-corrected chi connectivity index (χ0v) is 13.6. The highest BCUT2D eigenvalue weighted by Gasteiger charge is 2.11.